The van der Waals surface area contributed by atoms with Crippen molar-refractivity contribution in [1.29, 1.82) is 5.26 Å². The number of benzene rings is 2. The Morgan fingerprint density at radius 1 is 0.654 bits per heavy atom. The molecule has 0 aliphatic heterocycles. The molecule has 0 bridgehead atoms. The summed E-state index contributed by atoms with van der Waals surface area (Å²) in [5, 5.41) is 22.2. The quantitative estimate of drug-likeness (QED) is 0.0606. The van der Waals surface area contributed by atoms with Gasteiger partial charge in [-0.25, -0.2) is 4.79 Å². The third-order valence-corrected chi connectivity index (χ3v) is 14.2. The third-order valence-electron chi connectivity index (χ3n) is 9.53. The molecule has 0 saturated heterocycles. The van der Waals surface area contributed by atoms with Gasteiger partial charge in [-0.3, -0.25) is 0 Å². The zero-order valence-electron chi connectivity index (χ0n) is 29.6. The van der Waals surface area contributed by atoms with Gasteiger partial charge in [-0.05, 0) is 116 Å². The molecule has 4 nitrogen and oxygen atoms in total. The van der Waals surface area contributed by atoms with E-state index in [1.807, 2.05) is 34.8 Å². The van der Waals surface area contributed by atoms with E-state index in [-0.39, 0.29) is 5.57 Å². The van der Waals surface area contributed by atoms with Gasteiger partial charge in [0, 0.05) is 44.9 Å². The molecule has 0 radical (unpaired) electrons. The molecule has 8 heteroatoms. The molecule has 0 atom stereocenters. The second kappa shape index (κ2) is 16.6. The average molecular weight is 759 g/mol. The smallest absolute Gasteiger partial charge is 0.346 e. The standard InChI is InChI=1S/C44H42N2O2S4/c1-3-5-7-9-11-32-15-20-39(49-32)29-13-18-37-35(26-29)36-27-30(40-21-16-33(50-40)12-10-8-6-4-2)14-19-38(36)46(37)43-24-23-42(52-43)41-22-17-34(51-41)25-31(28-45)44(47)48/h13-27H,3-12H2,1-2H3,(H,47,48)/b31-25-. The molecule has 1 N–H and O–H groups in total. The summed E-state index contributed by atoms with van der Waals surface area (Å²) >= 11 is 7.07. The summed E-state index contributed by atoms with van der Waals surface area (Å²) in [6.45, 7) is 4.53. The number of unbranched alkanes of at least 4 members (excludes halogenated alkanes) is 6. The van der Waals surface area contributed by atoms with Gasteiger partial charge in [-0.1, -0.05) is 64.5 Å². The number of fused-ring (bicyclic) bond motifs is 3. The molecule has 0 aliphatic rings. The van der Waals surface area contributed by atoms with Crippen LogP contribution in [0.4, 0.5) is 0 Å². The minimum Gasteiger partial charge on any atom is -0.477 e. The zero-order valence-corrected chi connectivity index (χ0v) is 32.9. The molecule has 0 aliphatic carbocycles. The maximum absolute atomic E-state index is 11.4. The molecule has 2 aromatic carbocycles. The van der Waals surface area contributed by atoms with Crippen LogP contribution in [0.3, 0.4) is 0 Å². The number of thiophene rings is 4. The first-order valence-corrected chi connectivity index (χ1v) is 21.5. The van der Waals surface area contributed by atoms with Crippen LogP contribution in [0.25, 0.3) is 63.5 Å². The third kappa shape index (κ3) is 7.89. The highest BCUT2D eigenvalue weighted by molar-refractivity contribution is 7.23. The molecule has 7 aromatic rings. The van der Waals surface area contributed by atoms with Crippen molar-refractivity contribution in [1.82, 2.24) is 4.57 Å². The number of nitrogens with zero attached hydrogens (tertiary/aromatic N) is 2. The van der Waals surface area contributed by atoms with Crippen LogP contribution in [-0.2, 0) is 17.6 Å². The van der Waals surface area contributed by atoms with Gasteiger partial charge in [0.15, 0.2) is 0 Å². The van der Waals surface area contributed by atoms with E-state index >= 15 is 0 Å². The normalized spacial score (nSPS) is 11.9. The van der Waals surface area contributed by atoms with Crippen LogP contribution in [-0.4, -0.2) is 15.6 Å². The molecule has 7 rings (SSSR count). The number of rotatable bonds is 16. The number of carboxylic acids is 1. The predicted octanol–water partition coefficient (Wildman–Crippen LogP) is 14.3. The topological polar surface area (TPSA) is 66.0 Å². The van der Waals surface area contributed by atoms with E-state index in [2.05, 4.69) is 91.2 Å². The molecule has 0 saturated carbocycles. The van der Waals surface area contributed by atoms with E-state index < -0.39 is 5.97 Å². The molecule has 0 spiro atoms. The molecule has 264 valence electrons. The molecule has 0 fully saturated rings. The minimum atomic E-state index is -1.21. The summed E-state index contributed by atoms with van der Waals surface area (Å²) in [6, 6.07) is 33.1. The molecule has 52 heavy (non-hydrogen) atoms. The molecule has 5 aromatic heterocycles. The average Bonchev–Trinajstić information content (AvgIpc) is 4.00. The van der Waals surface area contributed by atoms with E-state index in [9.17, 15) is 15.2 Å². The number of aryl methyl sites for hydroxylation is 2. The Bertz CT molecular complexity index is 2300. The van der Waals surface area contributed by atoms with E-state index in [1.54, 1.807) is 17.4 Å². The van der Waals surface area contributed by atoms with Crippen molar-refractivity contribution in [2.75, 3.05) is 0 Å². The molecule has 0 amide bonds. The van der Waals surface area contributed by atoms with Crippen molar-refractivity contribution in [3.05, 3.63) is 105 Å². The van der Waals surface area contributed by atoms with E-state index in [4.69, 9.17) is 0 Å². The van der Waals surface area contributed by atoms with Crippen molar-refractivity contribution >= 4 is 79.2 Å². The summed E-state index contributed by atoms with van der Waals surface area (Å²) in [4.78, 5) is 19.9. The Hall–Kier alpha value is -4.26. The largest absolute Gasteiger partial charge is 0.477 e. The molecule has 5 heterocycles. The highest BCUT2D eigenvalue weighted by Crippen LogP contribution is 2.42. The van der Waals surface area contributed by atoms with E-state index in [0.717, 1.165) is 32.5 Å². The van der Waals surface area contributed by atoms with Crippen molar-refractivity contribution in [2.45, 2.75) is 78.1 Å². The Labute approximate surface area is 322 Å². The van der Waals surface area contributed by atoms with Gasteiger partial charge in [0.05, 0.1) is 11.0 Å². The molecular formula is C44H42N2O2S4. The number of hydrogen-bond acceptors (Lipinski definition) is 6. The number of nitriles is 1. The second-order valence-electron chi connectivity index (χ2n) is 13.3. The highest BCUT2D eigenvalue weighted by Gasteiger charge is 2.18. The first kappa shape index (κ1) is 36.1. The minimum absolute atomic E-state index is 0.263. The molecular weight excluding hydrogens is 717 g/mol. The van der Waals surface area contributed by atoms with Crippen LogP contribution in [0.1, 0.15) is 79.8 Å². The highest BCUT2D eigenvalue weighted by atomic mass is 32.1. The number of aliphatic carboxylic acids is 1. The SMILES string of the molecule is CCCCCCc1ccc(-c2ccc3c(c2)c2cc(-c4ccc(CCCCCC)s4)ccc2n3-c2ccc(-c3ccc(/C=C(/C#N)C(=O)O)s3)s2)s1. The summed E-state index contributed by atoms with van der Waals surface area (Å²) in [7, 11) is 0. The zero-order chi connectivity index (χ0) is 36.0. The Balaban J connectivity index is 1.27. The van der Waals surface area contributed by atoms with Crippen LogP contribution in [0.15, 0.2) is 90.5 Å². The first-order chi connectivity index (χ1) is 25.4. The van der Waals surface area contributed by atoms with Gasteiger partial charge in [0.25, 0.3) is 0 Å². The number of carbonyl (C=O) groups is 1. The van der Waals surface area contributed by atoms with Gasteiger partial charge in [0.2, 0.25) is 0 Å². The second-order valence-corrected chi connectivity index (χ2v) is 17.8. The van der Waals surface area contributed by atoms with Crippen LogP contribution in [0.5, 0.6) is 0 Å². The summed E-state index contributed by atoms with van der Waals surface area (Å²) in [5.41, 5.74) is 4.62. The maximum atomic E-state index is 11.4. The lowest BCUT2D eigenvalue weighted by Crippen LogP contribution is -1.96. The number of hydrogen-bond donors (Lipinski definition) is 1. The van der Waals surface area contributed by atoms with Crippen LogP contribution < -0.4 is 0 Å². The lowest BCUT2D eigenvalue weighted by molar-refractivity contribution is -0.132. The lowest BCUT2D eigenvalue weighted by atomic mass is 10.1. The Kier molecular flexibility index (Phi) is 11.5. The summed E-state index contributed by atoms with van der Waals surface area (Å²) in [6.07, 6.45) is 14.0. The van der Waals surface area contributed by atoms with Gasteiger partial charge in [0.1, 0.15) is 16.6 Å². The Morgan fingerprint density at radius 3 is 1.73 bits per heavy atom. The number of aromatic nitrogens is 1. The first-order valence-electron chi connectivity index (χ1n) is 18.3. The van der Waals surface area contributed by atoms with Gasteiger partial charge >= 0.3 is 5.97 Å². The van der Waals surface area contributed by atoms with E-state index in [1.165, 1.54) is 121 Å². The van der Waals surface area contributed by atoms with Crippen molar-refractivity contribution in [3.8, 4) is 41.7 Å². The van der Waals surface area contributed by atoms with Crippen molar-refractivity contribution in [2.24, 2.45) is 0 Å². The predicted molar refractivity (Wildman–Crippen MR) is 226 cm³/mol. The summed E-state index contributed by atoms with van der Waals surface area (Å²) < 4.78 is 2.39. The molecule has 0 unspecified atom stereocenters. The maximum Gasteiger partial charge on any atom is 0.346 e. The van der Waals surface area contributed by atoms with Crippen LogP contribution >= 0.6 is 45.3 Å². The van der Waals surface area contributed by atoms with Gasteiger partial charge < -0.3 is 9.67 Å². The lowest BCUT2D eigenvalue weighted by Gasteiger charge is -2.05. The van der Waals surface area contributed by atoms with Crippen LogP contribution in [0.2, 0.25) is 0 Å². The van der Waals surface area contributed by atoms with E-state index in [0.29, 0.717) is 0 Å². The fourth-order valence-corrected chi connectivity index (χ4v) is 10.9. The fraction of sp³-hybridized carbons (Fsp3) is 0.273. The van der Waals surface area contributed by atoms with Crippen molar-refractivity contribution in [3.63, 3.8) is 0 Å². The number of carboxylic acid groups (broad SMARTS) is 1. The van der Waals surface area contributed by atoms with Gasteiger partial charge in [-0.2, -0.15) is 5.26 Å². The monoisotopic (exact) mass is 758 g/mol. The van der Waals surface area contributed by atoms with Crippen LogP contribution in [0, 0.1) is 11.3 Å². The fourth-order valence-electron chi connectivity index (χ4n) is 6.78. The van der Waals surface area contributed by atoms with Gasteiger partial charge in [-0.15, -0.1) is 45.3 Å². The Morgan fingerprint density at radius 2 is 1.19 bits per heavy atom. The van der Waals surface area contributed by atoms with Crippen molar-refractivity contribution < 1.29 is 9.90 Å². The summed E-state index contributed by atoms with van der Waals surface area (Å²) in [5.74, 6) is -1.21.